The normalized spacial score (nSPS) is 9.86. The van der Waals surface area contributed by atoms with E-state index in [0.717, 1.165) is 31.0 Å². The lowest BCUT2D eigenvalue weighted by atomic mass is 10.3. The van der Waals surface area contributed by atoms with Gasteiger partial charge in [-0.3, -0.25) is 0 Å². The lowest BCUT2D eigenvalue weighted by Gasteiger charge is -2.07. The predicted molar refractivity (Wildman–Crippen MR) is 61.0 cm³/mol. The fraction of sp³-hybridized carbons (Fsp3) is 0.500. The molecule has 0 fully saturated rings. The Hall–Kier alpha value is -1.18. The maximum absolute atomic E-state index is 5.59. The Kier molecular flexibility index (Phi) is 4.90. The van der Waals surface area contributed by atoms with E-state index < -0.39 is 0 Å². The quantitative estimate of drug-likeness (QED) is 0.700. The molecule has 1 aromatic carbocycles. The van der Waals surface area contributed by atoms with Crippen LogP contribution in [0.2, 0.25) is 0 Å². The van der Waals surface area contributed by atoms with Gasteiger partial charge in [-0.2, -0.15) is 0 Å². The number of hydrogen-bond acceptors (Lipinski definition) is 2. The lowest BCUT2D eigenvalue weighted by Crippen LogP contribution is -1.99. The van der Waals surface area contributed by atoms with Crippen LogP contribution < -0.4 is 10.1 Å². The Morgan fingerprint density at radius 1 is 1.29 bits per heavy atom. The molecule has 0 spiro atoms. The Bertz CT molecular complexity index is 260. The van der Waals surface area contributed by atoms with Crippen LogP contribution in [0.25, 0.3) is 0 Å². The molecule has 0 heterocycles. The van der Waals surface area contributed by atoms with Gasteiger partial charge in [0.15, 0.2) is 0 Å². The zero-order valence-corrected chi connectivity index (χ0v) is 9.05. The van der Waals surface area contributed by atoms with Gasteiger partial charge in [-0.25, -0.2) is 0 Å². The van der Waals surface area contributed by atoms with Crippen molar-refractivity contribution in [3.05, 3.63) is 24.3 Å². The summed E-state index contributed by atoms with van der Waals surface area (Å²) in [5.41, 5.74) is 1.13. The van der Waals surface area contributed by atoms with Gasteiger partial charge in [-0.1, -0.05) is 19.4 Å². The number of benzene rings is 1. The number of anilines is 1. The summed E-state index contributed by atoms with van der Waals surface area (Å²) in [6, 6.07) is 8.10. The first kappa shape index (κ1) is 10.9. The third-order valence-electron chi connectivity index (χ3n) is 1.98. The molecule has 78 valence electrons. The van der Waals surface area contributed by atoms with Gasteiger partial charge in [0.05, 0.1) is 6.61 Å². The minimum atomic E-state index is 0.812. The molecule has 0 saturated carbocycles. The van der Waals surface area contributed by atoms with E-state index >= 15 is 0 Å². The van der Waals surface area contributed by atoms with E-state index in [2.05, 4.69) is 25.2 Å². The predicted octanol–water partition coefficient (Wildman–Crippen LogP) is 3.30. The number of hydrogen-bond donors (Lipinski definition) is 1. The van der Waals surface area contributed by atoms with Crippen molar-refractivity contribution in [1.82, 2.24) is 0 Å². The highest BCUT2D eigenvalue weighted by Crippen LogP contribution is 2.17. The summed E-state index contributed by atoms with van der Waals surface area (Å²) >= 11 is 0. The highest BCUT2D eigenvalue weighted by Gasteiger charge is 1.94. The summed E-state index contributed by atoms with van der Waals surface area (Å²) < 4.78 is 5.59. The summed E-state index contributed by atoms with van der Waals surface area (Å²) in [4.78, 5) is 0. The molecule has 2 heteroatoms. The van der Waals surface area contributed by atoms with Crippen molar-refractivity contribution in [2.45, 2.75) is 26.7 Å². The average molecular weight is 193 g/mol. The number of rotatable bonds is 6. The van der Waals surface area contributed by atoms with Gasteiger partial charge in [0.25, 0.3) is 0 Å². The van der Waals surface area contributed by atoms with Crippen LogP contribution in [0.5, 0.6) is 5.75 Å². The first-order chi connectivity index (χ1) is 6.86. The molecule has 0 saturated heterocycles. The molecule has 0 aliphatic rings. The van der Waals surface area contributed by atoms with Crippen molar-refractivity contribution in [1.29, 1.82) is 0 Å². The maximum atomic E-state index is 5.59. The summed E-state index contributed by atoms with van der Waals surface area (Å²) in [5, 5.41) is 3.26. The van der Waals surface area contributed by atoms with Gasteiger partial charge in [0, 0.05) is 18.3 Å². The van der Waals surface area contributed by atoms with Crippen molar-refractivity contribution in [3.8, 4) is 5.75 Å². The molecular formula is C12H19NO. The van der Waals surface area contributed by atoms with Crippen molar-refractivity contribution in [3.63, 3.8) is 0 Å². The van der Waals surface area contributed by atoms with Crippen LogP contribution in [0, 0.1) is 0 Å². The third-order valence-corrected chi connectivity index (χ3v) is 1.98. The monoisotopic (exact) mass is 193 g/mol. The van der Waals surface area contributed by atoms with Gasteiger partial charge in [-0.05, 0) is 25.5 Å². The van der Waals surface area contributed by atoms with E-state index in [1.165, 1.54) is 6.42 Å². The third kappa shape index (κ3) is 3.69. The van der Waals surface area contributed by atoms with Gasteiger partial charge in [-0.15, -0.1) is 0 Å². The first-order valence-electron chi connectivity index (χ1n) is 5.33. The van der Waals surface area contributed by atoms with Crippen LogP contribution in [-0.2, 0) is 0 Å². The van der Waals surface area contributed by atoms with Crippen LogP contribution in [0.4, 0.5) is 5.69 Å². The van der Waals surface area contributed by atoms with E-state index in [0.29, 0.717) is 0 Å². The standard InChI is InChI=1S/C12H19NO/c1-3-5-9-14-12-8-6-7-11(10-12)13-4-2/h6-8,10,13H,3-5,9H2,1-2H3. The topological polar surface area (TPSA) is 21.3 Å². The molecule has 0 bridgehead atoms. The fourth-order valence-corrected chi connectivity index (χ4v) is 1.23. The number of ether oxygens (including phenoxy) is 1. The molecule has 2 nitrogen and oxygen atoms in total. The highest BCUT2D eigenvalue weighted by molar-refractivity contribution is 5.47. The molecule has 0 aliphatic heterocycles. The van der Waals surface area contributed by atoms with Crippen LogP contribution in [0.1, 0.15) is 26.7 Å². The number of nitrogens with one attached hydrogen (secondary N) is 1. The van der Waals surface area contributed by atoms with E-state index in [1.807, 2.05) is 18.2 Å². The Balaban J connectivity index is 2.46. The SMILES string of the molecule is CCCCOc1cccc(NCC)c1. The molecule has 0 atom stereocenters. The van der Waals surface area contributed by atoms with Gasteiger partial charge in [0.1, 0.15) is 5.75 Å². The lowest BCUT2D eigenvalue weighted by molar-refractivity contribution is 0.309. The molecule has 0 radical (unpaired) electrons. The first-order valence-corrected chi connectivity index (χ1v) is 5.33. The van der Waals surface area contributed by atoms with Crippen LogP contribution in [-0.4, -0.2) is 13.2 Å². The molecule has 14 heavy (non-hydrogen) atoms. The molecule has 0 aliphatic carbocycles. The zero-order chi connectivity index (χ0) is 10.2. The van der Waals surface area contributed by atoms with Crippen LogP contribution in [0.3, 0.4) is 0 Å². The Morgan fingerprint density at radius 3 is 2.86 bits per heavy atom. The second-order valence-corrected chi connectivity index (χ2v) is 3.26. The maximum Gasteiger partial charge on any atom is 0.121 e. The van der Waals surface area contributed by atoms with E-state index in [4.69, 9.17) is 4.74 Å². The molecular weight excluding hydrogens is 174 g/mol. The van der Waals surface area contributed by atoms with Gasteiger partial charge in [0.2, 0.25) is 0 Å². The van der Waals surface area contributed by atoms with E-state index in [9.17, 15) is 0 Å². The summed E-state index contributed by atoms with van der Waals surface area (Å²) in [6.07, 6.45) is 2.29. The summed E-state index contributed by atoms with van der Waals surface area (Å²) in [7, 11) is 0. The summed E-state index contributed by atoms with van der Waals surface area (Å²) in [5.74, 6) is 0.955. The Labute approximate surface area is 86.3 Å². The average Bonchev–Trinajstić information content (AvgIpc) is 2.19. The molecule has 1 rings (SSSR count). The minimum Gasteiger partial charge on any atom is -0.494 e. The number of unbranched alkanes of at least 4 members (excludes halogenated alkanes) is 1. The second kappa shape index (κ2) is 6.30. The van der Waals surface area contributed by atoms with Gasteiger partial charge >= 0.3 is 0 Å². The van der Waals surface area contributed by atoms with Crippen molar-refractivity contribution in [2.75, 3.05) is 18.5 Å². The van der Waals surface area contributed by atoms with Crippen LogP contribution in [0.15, 0.2) is 24.3 Å². The largest absolute Gasteiger partial charge is 0.494 e. The fourth-order valence-electron chi connectivity index (χ4n) is 1.23. The molecule has 0 aromatic heterocycles. The minimum absolute atomic E-state index is 0.812. The Morgan fingerprint density at radius 2 is 2.14 bits per heavy atom. The van der Waals surface area contributed by atoms with Crippen LogP contribution >= 0.6 is 0 Å². The highest BCUT2D eigenvalue weighted by atomic mass is 16.5. The van der Waals surface area contributed by atoms with Crippen molar-refractivity contribution >= 4 is 5.69 Å². The zero-order valence-electron chi connectivity index (χ0n) is 9.05. The molecule has 1 aromatic rings. The van der Waals surface area contributed by atoms with E-state index in [-0.39, 0.29) is 0 Å². The molecule has 0 unspecified atom stereocenters. The van der Waals surface area contributed by atoms with E-state index in [1.54, 1.807) is 0 Å². The molecule has 0 amide bonds. The smallest absolute Gasteiger partial charge is 0.121 e. The van der Waals surface area contributed by atoms with Crippen molar-refractivity contribution in [2.24, 2.45) is 0 Å². The summed E-state index contributed by atoms with van der Waals surface area (Å²) in [6.45, 7) is 6.01. The second-order valence-electron chi connectivity index (χ2n) is 3.26. The molecule has 1 N–H and O–H groups in total. The van der Waals surface area contributed by atoms with Gasteiger partial charge < -0.3 is 10.1 Å². The van der Waals surface area contributed by atoms with Crippen molar-refractivity contribution < 1.29 is 4.74 Å².